The number of ether oxygens (including phenoxy) is 1. The highest BCUT2D eigenvalue weighted by atomic mass is 35.5. The monoisotopic (exact) mass is 537 g/mol. The van der Waals surface area contributed by atoms with Gasteiger partial charge in [-0.1, -0.05) is 12.1 Å². The van der Waals surface area contributed by atoms with Crippen LogP contribution in [0.15, 0.2) is 35.2 Å². The van der Waals surface area contributed by atoms with Gasteiger partial charge >= 0.3 is 0 Å². The molecule has 9 nitrogen and oxygen atoms in total. The Morgan fingerprint density at radius 2 is 1.94 bits per heavy atom. The maximum atomic E-state index is 12.9. The average molecular weight is 538 g/mol. The maximum absolute atomic E-state index is 12.9. The van der Waals surface area contributed by atoms with Crippen molar-refractivity contribution >= 4 is 55.1 Å². The number of rotatable bonds is 10. The van der Waals surface area contributed by atoms with Gasteiger partial charge in [-0.3, -0.25) is 10.2 Å². The van der Waals surface area contributed by atoms with Crippen molar-refractivity contribution in [3.63, 3.8) is 0 Å². The van der Waals surface area contributed by atoms with Crippen LogP contribution < -0.4 is 19.6 Å². The minimum atomic E-state index is -3.98. The van der Waals surface area contributed by atoms with Gasteiger partial charge in [-0.15, -0.1) is 11.3 Å². The summed E-state index contributed by atoms with van der Waals surface area (Å²) in [6.45, 7) is 5.44. The molecule has 0 saturated carbocycles. The van der Waals surface area contributed by atoms with Crippen molar-refractivity contribution < 1.29 is 17.9 Å². The molecule has 3 rings (SSSR count). The number of benzene rings is 2. The fourth-order valence-electron chi connectivity index (χ4n) is 3.75. The topological polar surface area (TPSA) is 133 Å². The van der Waals surface area contributed by atoms with Gasteiger partial charge in [-0.2, -0.15) is 0 Å². The number of methoxy groups -OCH3 is 1. The summed E-state index contributed by atoms with van der Waals surface area (Å²) in [4.78, 5) is 19.8. The lowest BCUT2D eigenvalue weighted by Crippen LogP contribution is -2.41. The molecule has 1 aromatic heterocycles. The minimum absolute atomic E-state index is 0.121. The van der Waals surface area contributed by atoms with E-state index in [-0.39, 0.29) is 23.2 Å². The molecule has 0 bridgehead atoms. The van der Waals surface area contributed by atoms with Crippen LogP contribution in [0.1, 0.15) is 39.3 Å². The van der Waals surface area contributed by atoms with Crippen molar-refractivity contribution in [2.75, 3.05) is 13.7 Å². The number of para-hydroxylation sites is 1. The van der Waals surface area contributed by atoms with Crippen molar-refractivity contribution in [3.8, 4) is 5.75 Å². The first-order valence-electron chi connectivity index (χ1n) is 10.8. The quantitative estimate of drug-likeness (QED) is 0.102. The summed E-state index contributed by atoms with van der Waals surface area (Å²) >= 11 is 7.12. The van der Waals surface area contributed by atoms with E-state index in [2.05, 4.69) is 19.9 Å². The zero-order valence-electron chi connectivity index (χ0n) is 19.9. The maximum Gasteiger partial charge on any atom is 0.264 e. The number of ketones is 1. The second kappa shape index (κ2) is 11.3. The molecule has 0 aliphatic rings. The van der Waals surface area contributed by atoms with Gasteiger partial charge in [0.2, 0.25) is 11.7 Å². The van der Waals surface area contributed by atoms with E-state index in [0.717, 1.165) is 15.8 Å². The molecule has 2 aromatic carbocycles. The van der Waals surface area contributed by atoms with Gasteiger partial charge in [0.25, 0.3) is 10.0 Å². The smallest absolute Gasteiger partial charge is 0.264 e. The third kappa shape index (κ3) is 6.10. The number of nitrogens with zero attached hydrogens (tertiary/aromatic N) is 1. The second-order valence-corrected chi connectivity index (χ2v) is 10.9. The third-order valence-electron chi connectivity index (χ3n) is 5.63. The Balaban J connectivity index is 1.56. The summed E-state index contributed by atoms with van der Waals surface area (Å²) in [5.74, 6) is 0.0398. The number of Topliss-reactive ketones (excluding diaryl/α,β-unsaturated/α-hetero) is 1. The van der Waals surface area contributed by atoms with E-state index in [9.17, 15) is 13.2 Å². The second-order valence-electron chi connectivity index (χ2n) is 8.04. The number of aromatic nitrogens is 1. The standard InChI is InChI=1S/C23H28ClN5O4S2/c1-13-12-18(33-4)14(2)15(3)21(13)35(31,32)29-23(25)26-11-7-9-17(28-24)20(30)22-27-16-8-5-6-10-19(16)34-22/h5-6,8,10,12,17,28H,7,9,11H2,1-4H3,(H3,25,26,29)/t17-/m0/s1. The zero-order valence-corrected chi connectivity index (χ0v) is 22.2. The highest BCUT2D eigenvalue weighted by Crippen LogP contribution is 2.30. The number of hydrogen-bond donors (Lipinski definition) is 4. The predicted octanol–water partition coefficient (Wildman–Crippen LogP) is 3.81. The van der Waals surface area contributed by atoms with E-state index in [0.29, 0.717) is 34.7 Å². The molecule has 0 saturated heterocycles. The molecule has 1 atom stereocenters. The van der Waals surface area contributed by atoms with E-state index in [4.69, 9.17) is 21.9 Å². The Morgan fingerprint density at radius 1 is 1.23 bits per heavy atom. The number of sulfonamides is 1. The third-order valence-corrected chi connectivity index (χ3v) is 8.58. The van der Waals surface area contributed by atoms with Crippen molar-refractivity contribution in [2.24, 2.45) is 0 Å². The molecular formula is C23H28ClN5O4S2. The predicted molar refractivity (Wildman–Crippen MR) is 139 cm³/mol. The first-order chi connectivity index (χ1) is 16.6. The molecule has 0 amide bonds. The molecule has 188 valence electrons. The van der Waals surface area contributed by atoms with Gasteiger partial charge in [0.1, 0.15) is 5.75 Å². The average Bonchev–Trinajstić information content (AvgIpc) is 3.25. The van der Waals surface area contributed by atoms with Crippen LogP contribution in [0.2, 0.25) is 0 Å². The fraction of sp³-hybridized carbons (Fsp3) is 0.348. The molecule has 0 spiro atoms. The number of nitrogens with one attached hydrogen (secondary N) is 4. The number of guanidine groups is 1. The lowest BCUT2D eigenvalue weighted by Gasteiger charge is -2.18. The molecule has 0 fully saturated rings. The summed E-state index contributed by atoms with van der Waals surface area (Å²) in [6.07, 6.45) is 0.839. The Bertz CT molecular complexity index is 1320. The number of halogens is 1. The lowest BCUT2D eigenvalue weighted by atomic mass is 10.1. The molecule has 12 heteroatoms. The van der Waals surface area contributed by atoms with E-state index >= 15 is 0 Å². The highest BCUT2D eigenvalue weighted by molar-refractivity contribution is 7.90. The zero-order chi connectivity index (χ0) is 25.8. The number of thiazole rings is 1. The van der Waals surface area contributed by atoms with Gasteiger partial charge in [0.05, 0.1) is 28.3 Å². The number of fused-ring (bicyclic) bond motifs is 1. The van der Waals surface area contributed by atoms with E-state index in [1.807, 2.05) is 24.3 Å². The fourth-order valence-corrected chi connectivity index (χ4v) is 6.40. The van der Waals surface area contributed by atoms with Crippen LogP contribution in [0, 0.1) is 26.2 Å². The molecule has 35 heavy (non-hydrogen) atoms. The van der Waals surface area contributed by atoms with E-state index in [1.54, 1.807) is 26.8 Å². The van der Waals surface area contributed by atoms with Gasteiger partial charge in [-0.05, 0) is 80.3 Å². The van der Waals surface area contributed by atoms with Gasteiger partial charge in [0.15, 0.2) is 5.01 Å². The minimum Gasteiger partial charge on any atom is -0.496 e. The Kier molecular flexibility index (Phi) is 8.70. The first kappa shape index (κ1) is 26.9. The van der Waals surface area contributed by atoms with Crippen LogP contribution in [0.5, 0.6) is 5.75 Å². The summed E-state index contributed by atoms with van der Waals surface area (Å²) in [7, 11) is -2.44. The van der Waals surface area contributed by atoms with Crippen LogP contribution in [0.3, 0.4) is 0 Å². The molecule has 4 N–H and O–H groups in total. The summed E-state index contributed by atoms with van der Waals surface area (Å²) in [5.41, 5.74) is 2.56. The summed E-state index contributed by atoms with van der Waals surface area (Å²) in [6, 6.07) is 8.51. The molecule has 3 aromatic rings. The van der Waals surface area contributed by atoms with Crippen molar-refractivity contribution in [2.45, 2.75) is 44.6 Å². The Labute approximate surface area is 213 Å². The van der Waals surface area contributed by atoms with Crippen molar-refractivity contribution in [1.82, 2.24) is 19.9 Å². The van der Waals surface area contributed by atoms with Crippen LogP contribution >= 0.6 is 23.1 Å². The molecule has 0 aliphatic heterocycles. The number of hydrogen-bond acceptors (Lipinski definition) is 8. The van der Waals surface area contributed by atoms with Crippen LogP contribution in [0.25, 0.3) is 10.2 Å². The van der Waals surface area contributed by atoms with E-state index in [1.165, 1.54) is 18.4 Å². The van der Waals surface area contributed by atoms with Crippen LogP contribution in [-0.2, 0) is 10.0 Å². The number of carbonyl (C=O) groups is 1. The van der Waals surface area contributed by atoms with E-state index < -0.39 is 16.1 Å². The first-order valence-corrected chi connectivity index (χ1v) is 13.5. The molecular weight excluding hydrogens is 510 g/mol. The Hall–Kier alpha value is -2.73. The Morgan fingerprint density at radius 3 is 2.60 bits per heavy atom. The molecule has 0 aliphatic carbocycles. The van der Waals surface area contributed by atoms with Crippen molar-refractivity contribution in [3.05, 3.63) is 52.0 Å². The number of carbonyl (C=O) groups excluding carboxylic acids is 1. The highest BCUT2D eigenvalue weighted by Gasteiger charge is 2.25. The van der Waals surface area contributed by atoms with Gasteiger partial charge < -0.3 is 10.1 Å². The van der Waals surface area contributed by atoms with Crippen LogP contribution in [0.4, 0.5) is 0 Å². The molecule has 1 heterocycles. The van der Waals surface area contributed by atoms with Gasteiger partial charge in [0, 0.05) is 6.54 Å². The lowest BCUT2D eigenvalue weighted by molar-refractivity contribution is 0.0949. The normalized spacial score (nSPS) is 12.4. The van der Waals surface area contributed by atoms with Crippen molar-refractivity contribution in [1.29, 1.82) is 5.41 Å². The number of aryl methyl sites for hydroxylation is 1. The summed E-state index contributed by atoms with van der Waals surface area (Å²) < 4.78 is 34.4. The SMILES string of the molecule is COc1cc(C)c(S(=O)(=O)NC(=N)NCCC[C@H](NCl)C(=O)c2nc3ccccc3s2)c(C)c1C. The van der Waals surface area contributed by atoms with Crippen LogP contribution in [-0.4, -0.2) is 44.8 Å². The molecule has 0 radical (unpaired) electrons. The van der Waals surface area contributed by atoms with Gasteiger partial charge in [-0.25, -0.2) is 23.0 Å². The molecule has 0 unspecified atom stereocenters. The summed E-state index contributed by atoms with van der Waals surface area (Å²) in [5, 5.41) is 11.1. The largest absolute Gasteiger partial charge is 0.496 e.